The van der Waals surface area contributed by atoms with Crippen molar-refractivity contribution in [3.05, 3.63) is 54.1 Å². The van der Waals surface area contributed by atoms with Crippen LogP contribution in [0.4, 0.5) is 5.69 Å². The Balaban J connectivity index is 2.68. The maximum atomic E-state index is 11.3. The third-order valence-corrected chi connectivity index (χ3v) is 2.57. The molecule has 0 aliphatic carbocycles. The molecule has 3 heteroatoms. The molecule has 2 nitrogen and oxygen atoms in total. The van der Waals surface area contributed by atoms with Gasteiger partial charge in [-0.1, -0.05) is 36.4 Å². The molecule has 16 heavy (non-hydrogen) atoms. The smallest absolute Gasteiger partial charge is 0.253 e. The lowest BCUT2D eigenvalue weighted by Gasteiger charge is -2.09. The molecule has 2 aromatic rings. The molecule has 2 aromatic carbocycles. The first-order chi connectivity index (χ1) is 7.70. The molecule has 0 bridgehead atoms. The molecule has 0 amide bonds. The van der Waals surface area contributed by atoms with Crippen molar-refractivity contribution in [3.63, 3.8) is 0 Å². The van der Waals surface area contributed by atoms with Gasteiger partial charge in [-0.25, -0.2) is 0 Å². The summed E-state index contributed by atoms with van der Waals surface area (Å²) in [5.41, 5.74) is 8.46. The minimum absolute atomic E-state index is 0.438. The molecule has 2 rings (SSSR count). The molecule has 0 aromatic heterocycles. The number of anilines is 1. The zero-order valence-electron chi connectivity index (χ0n) is 8.48. The Hall–Kier alpha value is -1.80. The van der Waals surface area contributed by atoms with Crippen LogP contribution in [0.15, 0.2) is 48.5 Å². The number of carbonyl (C=O) groups is 1. The lowest BCUT2D eigenvalue weighted by molar-refractivity contribution is 0.108. The van der Waals surface area contributed by atoms with Crippen LogP contribution in [-0.4, -0.2) is 5.24 Å². The van der Waals surface area contributed by atoms with Crippen molar-refractivity contribution in [3.8, 4) is 11.1 Å². The van der Waals surface area contributed by atoms with E-state index >= 15 is 0 Å². The number of rotatable bonds is 2. The van der Waals surface area contributed by atoms with Gasteiger partial charge in [0.25, 0.3) is 5.24 Å². The summed E-state index contributed by atoms with van der Waals surface area (Å²) in [4.78, 5) is 11.3. The van der Waals surface area contributed by atoms with Gasteiger partial charge >= 0.3 is 0 Å². The third kappa shape index (κ3) is 1.92. The number of hydrogen-bond donors (Lipinski definition) is 1. The van der Waals surface area contributed by atoms with E-state index in [0.29, 0.717) is 16.8 Å². The number of benzene rings is 2. The highest BCUT2D eigenvalue weighted by atomic mass is 35.5. The van der Waals surface area contributed by atoms with E-state index < -0.39 is 5.24 Å². The molecule has 0 aliphatic heterocycles. The van der Waals surface area contributed by atoms with Gasteiger partial charge < -0.3 is 5.73 Å². The van der Waals surface area contributed by atoms with Crippen LogP contribution >= 0.6 is 11.6 Å². The fraction of sp³-hybridized carbons (Fsp3) is 0. The minimum Gasteiger partial charge on any atom is -0.398 e. The van der Waals surface area contributed by atoms with E-state index in [1.807, 2.05) is 30.3 Å². The lowest BCUT2D eigenvalue weighted by Crippen LogP contribution is -1.98. The third-order valence-electron chi connectivity index (χ3n) is 2.37. The summed E-state index contributed by atoms with van der Waals surface area (Å²) >= 11 is 5.54. The van der Waals surface area contributed by atoms with E-state index in [9.17, 15) is 4.79 Å². The molecule has 0 saturated carbocycles. The van der Waals surface area contributed by atoms with Gasteiger partial charge in [-0.2, -0.15) is 0 Å². The fourth-order valence-electron chi connectivity index (χ4n) is 1.66. The molecule has 0 spiro atoms. The number of hydrogen-bond acceptors (Lipinski definition) is 2. The molecule has 0 saturated heterocycles. The summed E-state index contributed by atoms with van der Waals surface area (Å²) in [7, 11) is 0. The van der Waals surface area contributed by atoms with E-state index in [4.69, 9.17) is 17.3 Å². The maximum absolute atomic E-state index is 11.3. The van der Waals surface area contributed by atoms with Crippen LogP contribution in [0, 0.1) is 0 Å². The van der Waals surface area contributed by atoms with Gasteiger partial charge in [0.05, 0.1) is 0 Å². The van der Waals surface area contributed by atoms with Gasteiger partial charge in [0.15, 0.2) is 0 Å². The second kappa shape index (κ2) is 4.37. The van der Waals surface area contributed by atoms with E-state index in [1.54, 1.807) is 18.2 Å². The summed E-state index contributed by atoms with van der Waals surface area (Å²) in [6.07, 6.45) is 0. The van der Waals surface area contributed by atoms with Crippen molar-refractivity contribution < 1.29 is 4.79 Å². The Labute approximate surface area is 98.7 Å². The van der Waals surface area contributed by atoms with Crippen molar-refractivity contribution in [1.82, 2.24) is 0 Å². The van der Waals surface area contributed by atoms with Gasteiger partial charge in [-0.3, -0.25) is 4.79 Å². The highest BCUT2D eigenvalue weighted by Crippen LogP contribution is 2.30. The Morgan fingerprint density at radius 2 is 1.69 bits per heavy atom. The monoisotopic (exact) mass is 231 g/mol. The first-order valence-electron chi connectivity index (χ1n) is 4.84. The first-order valence-corrected chi connectivity index (χ1v) is 5.21. The lowest BCUT2D eigenvalue weighted by atomic mass is 9.98. The Morgan fingerprint density at radius 1 is 1.00 bits per heavy atom. The van der Waals surface area contributed by atoms with Gasteiger partial charge in [-0.15, -0.1) is 0 Å². The van der Waals surface area contributed by atoms with Crippen LogP contribution in [0.5, 0.6) is 0 Å². The summed E-state index contributed by atoms with van der Waals surface area (Å²) in [5.74, 6) is 0. The topological polar surface area (TPSA) is 43.1 Å². The van der Waals surface area contributed by atoms with Crippen LogP contribution in [0.1, 0.15) is 10.4 Å². The second-order valence-electron chi connectivity index (χ2n) is 3.41. The highest BCUT2D eigenvalue weighted by molar-refractivity contribution is 6.68. The fourth-order valence-corrected chi connectivity index (χ4v) is 1.82. The number of halogens is 1. The molecular formula is C13H10ClNO. The van der Waals surface area contributed by atoms with Crippen molar-refractivity contribution >= 4 is 22.5 Å². The van der Waals surface area contributed by atoms with E-state index in [1.165, 1.54) is 0 Å². The summed E-state index contributed by atoms with van der Waals surface area (Å²) in [6, 6.07) is 14.6. The van der Waals surface area contributed by atoms with Crippen molar-refractivity contribution in [2.75, 3.05) is 5.73 Å². The standard InChI is InChI=1S/C13H10ClNO/c14-13(16)10-7-4-8-11(15)12(10)9-5-2-1-3-6-9/h1-8H,15H2. The van der Waals surface area contributed by atoms with Crippen molar-refractivity contribution in [1.29, 1.82) is 0 Å². The largest absolute Gasteiger partial charge is 0.398 e. The number of nitrogen functional groups attached to an aromatic ring is 1. The van der Waals surface area contributed by atoms with Crippen LogP contribution in [0.2, 0.25) is 0 Å². The van der Waals surface area contributed by atoms with Crippen LogP contribution in [0.3, 0.4) is 0 Å². The van der Waals surface area contributed by atoms with Gasteiger partial charge in [-0.05, 0) is 29.3 Å². The van der Waals surface area contributed by atoms with Crippen LogP contribution in [0.25, 0.3) is 11.1 Å². The molecule has 0 heterocycles. The average Bonchev–Trinajstić information content (AvgIpc) is 2.29. The van der Waals surface area contributed by atoms with E-state index in [-0.39, 0.29) is 0 Å². The Morgan fingerprint density at radius 3 is 2.31 bits per heavy atom. The quantitative estimate of drug-likeness (QED) is 0.637. The zero-order chi connectivity index (χ0) is 11.5. The Bertz CT molecular complexity index is 523. The Kier molecular flexibility index (Phi) is 2.93. The summed E-state index contributed by atoms with van der Waals surface area (Å²) < 4.78 is 0. The summed E-state index contributed by atoms with van der Waals surface area (Å²) in [6.45, 7) is 0. The molecule has 0 radical (unpaired) electrons. The first kappa shape index (κ1) is 10.7. The molecular weight excluding hydrogens is 222 g/mol. The average molecular weight is 232 g/mol. The molecule has 0 atom stereocenters. The molecule has 0 aliphatic rings. The van der Waals surface area contributed by atoms with Gasteiger partial charge in [0.1, 0.15) is 0 Å². The van der Waals surface area contributed by atoms with E-state index in [0.717, 1.165) is 5.56 Å². The molecule has 0 unspecified atom stereocenters. The predicted molar refractivity (Wildman–Crippen MR) is 66.5 cm³/mol. The number of nitrogens with two attached hydrogens (primary N) is 1. The SMILES string of the molecule is Nc1cccc(C(=O)Cl)c1-c1ccccc1. The predicted octanol–water partition coefficient (Wildman–Crippen LogP) is 3.31. The normalized spacial score (nSPS) is 10.1. The minimum atomic E-state index is -0.494. The van der Waals surface area contributed by atoms with Gasteiger partial charge in [0, 0.05) is 16.8 Å². The number of carbonyl (C=O) groups excluding carboxylic acids is 1. The van der Waals surface area contributed by atoms with E-state index in [2.05, 4.69) is 0 Å². The van der Waals surface area contributed by atoms with Crippen molar-refractivity contribution in [2.45, 2.75) is 0 Å². The molecule has 80 valence electrons. The van der Waals surface area contributed by atoms with Gasteiger partial charge in [0.2, 0.25) is 0 Å². The summed E-state index contributed by atoms with van der Waals surface area (Å²) in [5, 5.41) is -0.494. The van der Waals surface area contributed by atoms with Crippen LogP contribution in [-0.2, 0) is 0 Å². The highest BCUT2D eigenvalue weighted by Gasteiger charge is 2.12. The molecule has 2 N–H and O–H groups in total. The maximum Gasteiger partial charge on any atom is 0.253 e. The molecule has 0 fully saturated rings. The van der Waals surface area contributed by atoms with Crippen LogP contribution < -0.4 is 5.73 Å². The second-order valence-corrected chi connectivity index (χ2v) is 3.75. The zero-order valence-corrected chi connectivity index (χ0v) is 9.24. The van der Waals surface area contributed by atoms with Crippen molar-refractivity contribution in [2.24, 2.45) is 0 Å².